The summed E-state index contributed by atoms with van der Waals surface area (Å²) in [5, 5.41) is 0.776. The largest absolute Gasteiger partial charge is 0.497 e. The molecule has 0 saturated carbocycles. The first-order chi connectivity index (χ1) is 9.70. The third-order valence-corrected chi connectivity index (χ3v) is 4.39. The van der Waals surface area contributed by atoms with Gasteiger partial charge in [0.05, 0.1) is 17.7 Å². The van der Waals surface area contributed by atoms with Crippen LogP contribution in [0.2, 0.25) is 0 Å². The van der Waals surface area contributed by atoms with Gasteiger partial charge in [0.25, 0.3) is 5.56 Å². The molecule has 102 valence electrons. The van der Waals surface area contributed by atoms with E-state index in [0.29, 0.717) is 23.4 Å². The van der Waals surface area contributed by atoms with Gasteiger partial charge in [0.15, 0.2) is 5.78 Å². The average Bonchev–Trinajstić information content (AvgIpc) is 2.97. The van der Waals surface area contributed by atoms with Gasteiger partial charge in [-0.3, -0.25) is 9.59 Å². The van der Waals surface area contributed by atoms with Crippen LogP contribution in [0.5, 0.6) is 5.75 Å². The number of thioether (sulfide) groups is 1. The Hall–Kier alpha value is -2.01. The van der Waals surface area contributed by atoms with Gasteiger partial charge in [-0.1, -0.05) is 0 Å². The number of aromatic nitrogens is 1. The fraction of sp³-hybridized carbons (Fsp3) is 0.200. The van der Waals surface area contributed by atoms with Crippen LogP contribution in [-0.2, 0) is 6.54 Å². The molecule has 0 unspecified atom stereocenters. The van der Waals surface area contributed by atoms with E-state index in [4.69, 9.17) is 4.74 Å². The fourth-order valence-electron chi connectivity index (χ4n) is 2.23. The van der Waals surface area contributed by atoms with Crippen LogP contribution in [0.15, 0.2) is 46.2 Å². The molecule has 2 heterocycles. The minimum absolute atomic E-state index is 0.0451. The van der Waals surface area contributed by atoms with Gasteiger partial charge in [-0.25, -0.2) is 0 Å². The van der Waals surface area contributed by atoms with Crippen molar-refractivity contribution in [2.75, 3.05) is 12.9 Å². The summed E-state index contributed by atoms with van der Waals surface area (Å²) in [6.45, 7) is 0.669. The van der Waals surface area contributed by atoms with E-state index in [2.05, 4.69) is 0 Å². The van der Waals surface area contributed by atoms with Crippen molar-refractivity contribution in [3.8, 4) is 5.75 Å². The molecule has 0 atom stereocenters. The van der Waals surface area contributed by atoms with Crippen LogP contribution in [0.3, 0.4) is 0 Å². The number of benzene rings is 1. The minimum Gasteiger partial charge on any atom is -0.497 e. The maximum absolute atomic E-state index is 12.5. The number of ether oxygens (including phenoxy) is 1. The van der Waals surface area contributed by atoms with Crippen LogP contribution in [0.25, 0.3) is 0 Å². The molecule has 20 heavy (non-hydrogen) atoms. The van der Waals surface area contributed by atoms with Crippen molar-refractivity contribution >= 4 is 17.5 Å². The quantitative estimate of drug-likeness (QED) is 0.812. The molecule has 0 N–H and O–H groups in total. The van der Waals surface area contributed by atoms with Crippen LogP contribution >= 0.6 is 11.8 Å². The van der Waals surface area contributed by atoms with E-state index >= 15 is 0 Å². The molecule has 0 aliphatic carbocycles. The van der Waals surface area contributed by atoms with Gasteiger partial charge < -0.3 is 9.30 Å². The molecule has 4 nitrogen and oxygen atoms in total. The number of methoxy groups -OCH3 is 1. The predicted octanol–water partition coefficient (Wildman–Crippen LogP) is 2.19. The summed E-state index contributed by atoms with van der Waals surface area (Å²) in [5.74, 6) is 1.48. The van der Waals surface area contributed by atoms with E-state index < -0.39 is 0 Å². The summed E-state index contributed by atoms with van der Waals surface area (Å²) in [6.07, 6.45) is 0. The molecular weight excluding hydrogens is 274 g/mol. The first-order valence-electron chi connectivity index (χ1n) is 6.26. The molecule has 0 radical (unpaired) electrons. The minimum atomic E-state index is -0.0641. The summed E-state index contributed by atoms with van der Waals surface area (Å²) in [4.78, 5) is 24.3. The molecule has 3 rings (SSSR count). The molecule has 0 saturated heterocycles. The average molecular weight is 287 g/mol. The first kappa shape index (κ1) is 13.0. The SMILES string of the molecule is COc1ccc(C(=O)c2ccc(=O)n3c2SCC3)cc1. The second-order valence-corrected chi connectivity index (χ2v) is 5.53. The Labute approximate surface area is 120 Å². The summed E-state index contributed by atoms with van der Waals surface area (Å²) in [7, 11) is 1.59. The fourth-order valence-corrected chi connectivity index (χ4v) is 3.35. The number of ketones is 1. The lowest BCUT2D eigenvalue weighted by Crippen LogP contribution is -2.20. The molecule has 0 fully saturated rings. The Bertz CT molecular complexity index is 719. The zero-order valence-corrected chi connectivity index (χ0v) is 11.8. The highest BCUT2D eigenvalue weighted by Gasteiger charge is 2.21. The van der Waals surface area contributed by atoms with Crippen molar-refractivity contribution in [3.63, 3.8) is 0 Å². The Morgan fingerprint density at radius 3 is 2.65 bits per heavy atom. The van der Waals surface area contributed by atoms with Crippen molar-refractivity contribution in [1.82, 2.24) is 4.57 Å². The summed E-state index contributed by atoms with van der Waals surface area (Å²) in [5.41, 5.74) is 1.15. The number of carbonyl (C=O) groups excluding carboxylic acids is 1. The smallest absolute Gasteiger partial charge is 0.251 e. The first-order valence-corrected chi connectivity index (χ1v) is 7.24. The summed E-state index contributed by atoms with van der Waals surface area (Å²) >= 11 is 1.56. The Morgan fingerprint density at radius 2 is 1.95 bits per heavy atom. The third-order valence-electron chi connectivity index (χ3n) is 3.28. The van der Waals surface area contributed by atoms with Gasteiger partial charge in [-0.15, -0.1) is 11.8 Å². The highest BCUT2D eigenvalue weighted by atomic mass is 32.2. The second kappa shape index (κ2) is 5.17. The molecule has 0 amide bonds. The van der Waals surface area contributed by atoms with E-state index in [0.717, 1.165) is 10.8 Å². The topological polar surface area (TPSA) is 48.3 Å². The van der Waals surface area contributed by atoms with E-state index in [1.165, 1.54) is 6.07 Å². The molecule has 1 aliphatic rings. The summed E-state index contributed by atoms with van der Waals surface area (Å²) < 4.78 is 6.75. The number of rotatable bonds is 3. The van der Waals surface area contributed by atoms with Gasteiger partial charge in [-0.2, -0.15) is 0 Å². The van der Waals surface area contributed by atoms with Crippen molar-refractivity contribution in [2.24, 2.45) is 0 Å². The monoisotopic (exact) mass is 287 g/mol. The van der Waals surface area contributed by atoms with Crippen LogP contribution in [0.4, 0.5) is 0 Å². The van der Waals surface area contributed by atoms with E-state index in [1.54, 1.807) is 53.8 Å². The predicted molar refractivity (Wildman–Crippen MR) is 77.9 cm³/mol. The zero-order valence-electron chi connectivity index (χ0n) is 11.0. The normalized spacial score (nSPS) is 13.1. The zero-order chi connectivity index (χ0) is 14.1. The van der Waals surface area contributed by atoms with Crippen molar-refractivity contribution in [1.29, 1.82) is 0 Å². The number of nitrogens with zero attached hydrogens (tertiary/aromatic N) is 1. The molecule has 1 aromatic heterocycles. The lowest BCUT2D eigenvalue weighted by molar-refractivity contribution is 0.103. The maximum atomic E-state index is 12.5. The number of hydrogen-bond acceptors (Lipinski definition) is 4. The van der Waals surface area contributed by atoms with Gasteiger partial charge in [0.1, 0.15) is 5.75 Å². The molecule has 1 aromatic carbocycles. The molecule has 1 aliphatic heterocycles. The lowest BCUT2D eigenvalue weighted by Gasteiger charge is -2.08. The molecule has 2 aromatic rings. The number of carbonyl (C=O) groups is 1. The van der Waals surface area contributed by atoms with Crippen LogP contribution in [-0.4, -0.2) is 23.2 Å². The second-order valence-electron chi connectivity index (χ2n) is 4.45. The number of pyridine rings is 1. The Balaban J connectivity index is 2.02. The Kier molecular flexibility index (Phi) is 3.36. The summed E-state index contributed by atoms with van der Waals surface area (Å²) in [6, 6.07) is 10.1. The lowest BCUT2D eigenvalue weighted by atomic mass is 10.0. The molecule has 5 heteroatoms. The van der Waals surface area contributed by atoms with Crippen molar-refractivity contribution in [2.45, 2.75) is 11.6 Å². The van der Waals surface area contributed by atoms with Gasteiger partial charge >= 0.3 is 0 Å². The third kappa shape index (κ3) is 2.14. The Morgan fingerprint density at radius 1 is 1.20 bits per heavy atom. The van der Waals surface area contributed by atoms with Gasteiger partial charge in [0.2, 0.25) is 0 Å². The molecular formula is C15H13NO3S. The van der Waals surface area contributed by atoms with Crippen molar-refractivity contribution in [3.05, 3.63) is 57.9 Å². The van der Waals surface area contributed by atoms with Crippen molar-refractivity contribution < 1.29 is 9.53 Å². The van der Waals surface area contributed by atoms with Crippen LogP contribution < -0.4 is 10.3 Å². The van der Waals surface area contributed by atoms with E-state index in [9.17, 15) is 9.59 Å². The molecule has 0 bridgehead atoms. The number of hydrogen-bond donors (Lipinski definition) is 0. The van der Waals surface area contributed by atoms with Gasteiger partial charge in [-0.05, 0) is 30.3 Å². The van der Waals surface area contributed by atoms with E-state index in [-0.39, 0.29) is 11.3 Å². The van der Waals surface area contributed by atoms with Crippen LogP contribution in [0, 0.1) is 0 Å². The highest BCUT2D eigenvalue weighted by molar-refractivity contribution is 7.99. The highest BCUT2D eigenvalue weighted by Crippen LogP contribution is 2.29. The molecule has 0 spiro atoms. The number of fused-ring (bicyclic) bond motifs is 1. The van der Waals surface area contributed by atoms with Crippen LogP contribution in [0.1, 0.15) is 15.9 Å². The van der Waals surface area contributed by atoms with Gasteiger partial charge in [0, 0.05) is 23.9 Å². The standard InChI is InChI=1S/C15H13NO3S/c1-19-11-4-2-10(3-5-11)14(18)12-6-7-13(17)16-8-9-20-15(12)16/h2-7H,8-9H2,1H3. The maximum Gasteiger partial charge on any atom is 0.251 e. The van der Waals surface area contributed by atoms with E-state index in [1.807, 2.05) is 0 Å².